The Kier molecular flexibility index (Phi) is 3.20. The summed E-state index contributed by atoms with van der Waals surface area (Å²) in [6.07, 6.45) is 0.978. The quantitative estimate of drug-likeness (QED) is 0.756. The predicted molar refractivity (Wildman–Crippen MR) is 67.0 cm³/mol. The largest absolute Gasteiger partial charge is 0.456 e. The van der Waals surface area contributed by atoms with Crippen molar-refractivity contribution in [2.75, 3.05) is 6.54 Å². The first-order valence-corrected chi connectivity index (χ1v) is 6.01. The van der Waals surface area contributed by atoms with Crippen molar-refractivity contribution in [2.24, 2.45) is 0 Å². The van der Waals surface area contributed by atoms with Crippen molar-refractivity contribution >= 4 is 5.97 Å². The molecule has 0 saturated carbocycles. The summed E-state index contributed by atoms with van der Waals surface area (Å²) in [6.45, 7) is 7.52. The third kappa shape index (κ3) is 3.07. The number of hydrogen-bond acceptors (Lipinski definition) is 3. The lowest BCUT2D eigenvalue weighted by atomic mass is 9.98. The van der Waals surface area contributed by atoms with Gasteiger partial charge in [-0.2, -0.15) is 0 Å². The zero-order valence-electron chi connectivity index (χ0n) is 10.7. The summed E-state index contributed by atoms with van der Waals surface area (Å²) in [4.78, 5) is 11.9. The minimum Gasteiger partial charge on any atom is -0.456 e. The molecule has 1 aliphatic rings. The Labute approximate surface area is 102 Å². The van der Waals surface area contributed by atoms with Crippen molar-refractivity contribution in [2.45, 2.75) is 39.3 Å². The number of esters is 1. The SMILES string of the molecule is CC(C)(C)OC(=O)c1ccc2c(c1)CCNC2. The van der Waals surface area contributed by atoms with Crippen LogP contribution >= 0.6 is 0 Å². The highest BCUT2D eigenvalue weighted by atomic mass is 16.6. The number of fused-ring (bicyclic) bond motifs is 1. The Morgan fingerprint density at radius 2 is 2.06 bits per heavy atom. The maximum Gasteiger partial charge on any atom is 0.338 e. The zero-order valence-corrected chi connectivity index (χ0v) is 10.7. The van der Waals surface area contributed by atoms with Crippen LogP contribution < -0.4 is 5.32 Å². The summed E-state index contributed by atoms with van der Waals surface area (Å²) >= 11 is 0. The molecular weight excluding hydrogens is 214 g/mol. The minimum absolute atomic E-state index is 0.237. The Bertz CT molecular complexity index is 432. The Balaban J connectivity index is 2.19. The molecule has 0 saturated heterocycles. The minimum atomic E-state index is -0.436. The van der Waals surface area contributed by atoms with Gasteiger partial charge in [0.2, 0.25) is 0 Å². The molecule has 1 aliphatic heterocycles. The fraction of sp³-hybridized carbons (Fsp3) is 0.500. The van der Waals surface area contributed by atoms with E-state index < -0.39 is 5.60 Å². The van der Waals surface area contributed by atoms with Crippen molar-refractivity contribution in [1.82, 2.24) is 5.32 Å². The molecule has 3 heteroatoms. The van der Waals surface area contributed by atoms with E-state index >= 15 is 0 Å². The van der Waals surface area contributed by atoms with Crippen LogP contribution in [0.2, 0.25) is 0 Å². The molecule has 0 fully saturated rings. The summed E-state index contributed by atoms with van der Waals surface area (Å²) in [7, 11) is 0. The molecule has 17 heavy (non-hydrogen) atoms. The first kappa shape index (κ1) is 12.1. The van der Waals surface area contributed by atoms with E-state index in [0.29, 0.717) is 5.56 Å². The summed E-state index contributed by atoms with van der Waals surface area (Å²) in [5.74, 6) is -0.237. The lowest BCUT2D eigenvalue weighted by Crippen LogP contribution is -2.26. The standard InChI is InChI=1S/C14H19NO2/c1-14(2,3)17-13(16)11-4-5-12-9-15-7-6-10(12)8-11/h4-5,8,15H,6-7,9H2,1-3H3. The average molecular weight is 233 g/mol. The van der Waals surface area contributed by atoms with Gasteiger partial charge in [0.05, 0.1) is 5.56 Å². The van der Waals surface area contributed by atoms with Crippen LogP contribution in [0.4, 0.5) is 0 Å². The molecular formula is C14H19NO2. The molecule has 1 heterocycles. The van der Waals surface area contributed by atoms with Crippen LogP contribution in [0.1, 0.15) is 42.3 Å². The molecule has 0 atom stereocenters. The first-order chi connectivity index (χ1) is 7.96. The van der Waals surface area contributed by atoms with E-state index in [4.69, 9.17) is 4.74 Å². The summed E-state index contributed by atoms with van der Waals surface area (Å²) in [5.41, 5.74) is 2.75. The van der Waals surface area contributed by atoms with E-state index in [9.17, 15) is 4.79 Å². The van der Waals surface area contributed by atoms with E-state index in [1.807, 2.05) is 39.0 Å². The number of rotatable bonds is 1. The van der Waals surface area contributed by atoms with Crippen LogP contribution in [0, 0.1) is 0 Å². The van der Waals surface area contributed by atoms with Gasteiger partial charge in [-0.05, 0) is 57.0 Å². The van der Waals surface area contributed by atoms with Gasteiger partial charge < -0.3 is 10.1 Å². The van der Waals surface area contributed by atoms with Crippen LogP contribution in [0.3, 0.4) is 0 Å². The fourth-order valence-corrected chi connectivity index (χ4v) is 1.94. The van der Waals surface area contributed by atoms with Crippen molar-refractivity contribution < 1.29 is 9.53 Å². The van der Waals surface area contributed by atoms with Gasteiger partial charge in [0.1, 0.15) is 5.60 Å². The highest BCUT2D eigenvalue weighted by Crippen LogP contribution is 2.18. The lowest BCUT2D eigenvalue weighted by Gasteiger charge is -2.21. The molecule has 0 bridgehead atoms. The molecule has 1 aromatic carbocycles. The second-order valence-electron chi connectivity index (χ2n) is 5.41. The summed E-state index contributed by atoms with van der Waals surface area (Å²) in [5, 5.41) is 3.31. The maximum absolute atomic E-state index is 11.9. The molecule has 1 aromatic rings. The Morgan fingerprint density at radius 1 is 1.29 bits per heavy atom. The number of hydrogen-bond donors (Lipinski definition) is 1. The smallest absolute Gasteiger partial charge is 0.338 e. The maximum atomic E-state index is 11.9. The molecule has 3 nitrogen and oxygen atoms in total. The summed E-state index contributed by atoms with van der Waals surface area (Å²) in [6, 6.07) is 5.82. The van der Waals surface area contributed by atoms with E-state index in [0.717, 1.165) is 19.5 Å². The second-order valence-corrected chi connectivity index (χ2v) is 5.41. The predicted octanol–water partition coefficient (Wildman–Crippen LogP) is 2.29. The number of nitrogens with one attached hydrogen (secondary N) is 1. The van der Waals surface area contributed by atoms with Gasteiger partial charge in [0.25, 0.3) is 0 Å². The molecule has 0 aliphatic carbocycles. The van der Waals surface area contributed by atoms with Crippen molar-refractivity contribution in [1.29, 1.82) is 0 Å². The van der Waals surface area contributed by atoms with E-state index in [1.54, 1.807) is 0 Å². The van der Waals surface area contributed by atoms with Gasteiger partial charge in [-0.25, -0.2) is 4.79 Å². The van der Waals surface area contributed by atoms with Crippen LogP contribution in [0.15, 0.2) is 18.2 Å². The average Bonchev–Trinajstić information content (AvgIpc) is 2.26. The van der Waals surface area contributed by atoms with E-state index in [1.165, 1.54) is 11.1 Å². The first-order valence-electron chi connectivity index (χ1n) is 6.01. The number of carbonyl (C=O) groups is 1. The third-order valence-electron chi connectivity index (χ3n) is 2.73. The van der Waals surface area contributed by atoms with E-state index in [2.05, 4.69) is 5.32 Å². The molecule has 0 radical (unpaired) electrons. The van der Waals surface area contributed by atoms with Gasteiger partial charge in [0.15, 0.2) is 0 Å². The van der Waals surface area contributed by atoms with Crippen molar-refractivity contribution in [3.8, 4) is 0 Å². The van der Waals surface area contributed by atoms with Crippen LogP contribution in [0.5, 0.6) is 0 Å². The van der Waals surface area contributed by atoms with Crippen LogP contribution in [-0.4, -0.2) is 18.1 Å². The van der Waals surface area contributed by atoms with Crippen LogP contribution in [-0.2, 0) is 17.7 Å². The van der Waals surface area contributed by atoms with Crippen molar-refractivity contribution in [3.63, 3.8) is 0 Å². The van der Waals surface area contributed by atoms with Gasteiger partial charge in [-0.1, -0.05) is 6.07 Å². The Morgan fingerprint density at radius 3 is 2.76 bits per heavy atom. The fourth-order valence-electron chi connectivity index (χ4n) is 1.94. The topological polar surface area (TPSA) is 38.3 Å². The van der Waals surface area contributed by atoms with Crippen molar-refractivity contribution in [3.05, 3.63) is 34.9 Å². The van der Waals surface area contributed by atoms with Gasteiger partial charge in [0, 0.05) is 6.54 Å². The summed E-state index contributed by atoms with van der Waals surface area (Å²) < 4.78 is 5.36. The van der Waals surface area contributed by atoms with Crippen LogP contribution in [0.25, 0.3) is 0 Å². The highest BCUT2D eigenvalue weighted by Gasteiger charge is 2.19. The molecule has 0 unspecified atom stereocenters. The van der Waals surface area contributed by atoms with E-state index in [-0.39, 0.29) is 5.97 Å². The molecule has 0 spiro atoms. The molecule has 0 amide bonds. The highest BCUT2D eigenvalue weighted by molar-refractivity contribution is 5.90. The molecule has 1 N–H and O–H groups in total. The zero-order chi connectivity index (χ0) is 12.5. The molecule has 2 rings (SSSR count). The van der Waals surface area contributed by atoms with Gasteiger partial charge in [-0.3, -0.25) is 0 Å². The number of benzene rings is 1. The normalized spacial score (nSPS) is 15.2. The monoisotopic (exact) mass is 233 g/mol. The molecule has 0 aromatic heterocycles. The molecule has 92 valence electrons. The van der Waals surface area contributed by atoms with Gasteiger partial charge in [-0.15, -0.1) is 0 Å². The Hall–Kier alpha value is -1.35. The van der Waals surface area contributed by atoms with Gasteiger partial charge >= 0.3 is 5.97 Å². The lowest BCUT2D eigenvalue weighted by molar-refractivity contribution is 0.00694. The number of ether oxygens (including phenoxy) is 1. The third-order valence-corrected chi connectivity index (χ3v) is 2.73. The number of carbonyl (C=O) groups excluding carboxylic acids is 1. The second kappa shape index (κ2) is 4.49.